The molecular weight excluding hydrogens is 722 g/mol. The molecule has 3 saturated heterocycles. The Labute approximate surface area is 313 Å². The van der Waals surface area contributed by atoms with Crippen molar-refractivity contribution in [3.05, 3.63) is 71.2 Å². The first kappa shape index (κ1) is 37.3. The molecule has 1 unspecified atom stereocenters. The summed E-state index contributed by atoms with van der Waals surface area (Å²) in [6, 6.07) is 10.5. The monoisotopic (exact) mass is 763 g/mol. The van der Waals surface area contributed by atoms with Gasteiger partial charge in [0.25, 0.3) is 15.9 Å². The highest BCUT2D eigenvalue weighted by atomic mass is 32.2. The molecule has 54 heavy (non-hydrogen) atoms. The largest absolute Gasteiger partial charge is 0.497 e. The van der Waals surface area contributed by atoms with Crippen molar-refractivity contribution in [1.29, 1.82) is 5.26 Å². The number of rotatable bonds is 10. The van der Waals surface area contributed by atoms with Crippen LogP contribution in [-0.4, -0.2) is 125 Å². The summed E-state index contributed by atoms with van der Waals surface area (Å²) in [7, 11) is -2.23. The van der Waals surface area contributed by atoms with E-state index in [0.29, 0.717) is 23.4 Å². The lowest BCUT2D eigenvalue weighted by Gasteiger charge is -2.49. The van der Waals surface area contributed by atoms with Gasteiger partial charge in [0.05, 0.1) is 50.9 Å². The van der Waals surface area contributed by atoms with Gasteiger partial charge in [0, 0.05) is 75.2 Å². The number of sulfonamides is 1. The summed E-state index contributed by atoms with van der Waals surface area (Å²) in [5.74, 6) is -2.14. The highest BCUT2D eigenvalue weighted by molar-refractivity contribution is 7.93. The van der Waals surface area contributed by atoms with E-state index in [1.165, 1.54) is 50.7 Å². The van der Waals surface area contributed by atoms with Crippen LogP contribution in [0.1, 0.15) is 36.5 Å². The second kappa shape index (κ2) is 15.0. The number of fused-ring (bicyclic) bond motifs is 1. The van der Waals surface area contributed by atoms with Gasteiger partial charge in [-0.1, -0.05) is 0 Å². The van der Waals surface area contributed by atoms with E-state index in [2.05, 4.69) is 20.1 Å². The van der Waals surface area contributed by atoms with Gasteiger partial charge in [0.2, 0.25) is 5.88 Å². The molecule has 15 nitrogen and oxygen atoms in total. The molecule has 0 aliphatic carbocycles. The molecule has 4 aliphatic heterocycles. The molecule has 3 aromatic rings. The van der Waals surface area contributed by atoms with E-state index in [1.54, 1.807) is 17.9 Å². The summed E-state index contributed by atoms with van der Waals surface area (Å²) in [4.78, 5) is 39.8. The summed E-state index contributed by atoms with van der Waals surface area (Å²) >= 11 is 0. The molecule has 0 bridgehead atoms. The van der Waals surface area contributed by atoms with E-state index in [4.69, 9.17) is 18.9 Å². The Hall–Kier alpha value is -5.02. The van der Waals surface area contributed by atoms with Crippen LogP contribution in [0.15, 0.2) is 53.6 Å². The Balaban J connectivity index is 1.25. The first-order chi connectivity index (χ1) is 26.1. The number of hydrogen-bond donors (Lipinski definition) is 1. The number of nitrogens with zero attached hydrogens (tertiary/aromatic N) is 6. The van der Waals surface area contributed by atoms with Gasteiger partial charge in [-0.25, -0.2) is 22.6 Å². The number of hydrogen-bond acceptors (Lipinski definition) is 12. The van der Waals surface area contributed by atoms with Crippen molar-refractivity contribution in [2.75, 3.05) is 77.6 Å². The number of amides is 3. The van der Waals surface area contributed by atoms with Crippen molar-refractivity contribution in [3.63, 3.8) is 0 Å². The Kier molecular flexibility index (Phi) is 10.4. The third-order valence-corrected chi connectivity index (χ3v) is 12.4. The number of carbonyl (C=O) groups is 2. The van der Waals surface area contributed by atoms with Gasteiger partial charge in [-0.3, -0.25) is 14.6 Å². The molecule has 0 saturated carbocycles. The average molecular weight is 764 g/mol. The molecule has 286 valence electrons. The number of ether oxygens (including phenoxy) is 4. The molecule has 0 spiro atoms. The van der Waals surface area contributed by atoms with Crippen LogP contribution in [0.3, 0.4) is 0 Å². The molecule has 1 aromatic heterocycles. The van der Waals surface area contributed by atoms with E-state index < -0.39 is 49.5 Å². The second-order valence-electron chi connectivity index (χ2n) is 13.5. The van der Waals surface area contributed by atoms with E-state index in [0.717, 1.165) is 64.4 Å². The Morgan fingerprint density at radius 1 is 1.04 bits per heavy atom. The number of anilines is 1. The number of piperidine rings is 1. The summed E-state index contributed by atoms with van der Waals surface area (Å²) in [5, 5.41) is 12.7. The number of urea groups is 1. The van der Waals surface area contributed by atoms with Gasteiger partial charge < -0.3 is 29.2 Å². The standard InChI is InChI=1S/C37H42FN7O8S/c1-4-53-34-28(6-5-11-40-34)37(41-36(47)44-22-26(23-44)42-12-9-25(10-13-42)43-14-16-52-17-15-43)29-18-24(21-39)30(38)20-31(29)45(35(37)46)54(48,49)33-8-7-27(50-2)19-32(33)51-3/h5-8,11,18-20,25-26H,4,9-10,12-17,22-23H2,1-3H3,(H,41,47). The van der Waals surface area contributed by atoms with Crippen molar-refractivity contribution in [3.8, 4) is 23.4 Å². The smallest absolute Gasteiger partial charge is 0.318 e. The van der Waals surface area contributed by atoms with Crippen molar-refractivity contribution in [1.82, 2.24) is 25.0 Å². The highest BCUT2D eigenvalue weighted by Gasteiger charge is 2.60. The lowest BCUT2D eigenvalue weighted by molar-refractivity contribution is -0.121. The minimum absolute atomic E-state index is 0.00334. The fourth-order valence-corrected chi connectivity index (χ4v) is 9.44. The Bertz CT molecular complexity index is 2080. The minimum Gasteiger partial charge on any atom is -0.497 e. The maximum Gasteiger partial charge on any atom is 0.318 e. The highest BCUT2D eigenvalue weighted by Crippen LogP contribution is 2.50. The molecule has 3 fully saturated rings. The van der Waals surface area contributed by atoms with Gasteiger partial charge in [-0.2, -0.15) is 9.57 Å². The van der Waals surface area contributed by atoms with E-state index in [9.17, 15) is 18.5 Å². The van der Waals surface area contributed by atoms with Gasteiger partial charge in [-0.15, -0.1) is 0 Å². The van der Waals surface area contributed by atoms with Crippen LogP contribution in [0.2, 0.25) is 0 Å². The third kappa shape index (κ3) is 6.36. The SMILES string of the molecule is CCOc1ncccc1C1(NC(=O)N2CC(N3CCC(N4CCOCC4)CC3)C2)C(=O)N(S(=O)(=O)c2ccc(OC)cc2OC)c2cc(F)c(C#N)cc21. The zero-order valence-corrected chi connectivity index (χ0v) is 31.1. The molecule has 1 atom stereocenters. The zero-order valence-electron chi connectivity index (χ0n) is 30.3. The normalized spacial score (nSPS) is 21.3. The number of likely N-dealkylation sites (tertiary alicyclic amines) is 2. The van der Waals surface area contributed by atoms with E-state index in [1.807, 2.05) is 0 Å². The van der Waals surface area contributed by atoms with Crippen LogP contribution in [0.5, 0.6) is 17.4 Å². The van der Waals surface area contributed by atoms with Crippen LogP contribution in [0.4, 0.5) is 14.9 Å². The van der Waals surface area contributed by atoms with Crippen molar-refractivity contribution < 1.29 is 41.3 Å². The molecule has 0 radical (unpaired) electrons. The predicted octanol–water partition coefficient (Wildman–Crippen LogP) is 2.68. The van der Waals surface area contributed by atoms with Crippen molar-refractivity contribution >= 4 is 27.6 Å². The number of nitrogens with one attached hydrogen (secondary N) is 1. The molecule has 2 aromatic carbocycles. The number of aromatic nitrogens is 1. The predicted molar refractivity (Wildman–Crippen MR) is 192 cm³/mol. The number of pyridine rings is 1. The summed E-state index contributed by atoms with van der Waals surface area (Å²) < 4.78 is 67.2. The van der Waals surface area contributed by atoms with Gasteiger partial charge in [-0.05, 0) is 50.1 Å². The number of methoxy groups -OCH3 is 2. The lowest BCUT2D eigenvalue weighted by Crippen LogP contribution is -2.67. The third-order valence-electron chi connectivity index (χ3n) is 10.7. The Morgan fingerprint density at radius 2 is 1.76 bits per heavy atom. The fourth-order valence-electron chi connectivity index (χ4n) is 7.85. The average Bonchev–Trinajstić information content (AvgIpc) is 3.41. The van der Waals surface area contributed by atoms with Crippen LogP contribution >= 0.6 is 0 Å². The van der Waals surface area contributed by atoms with Crippen LogP contribution < -0.4 is 23.8 Å². The van der Waals surface area contributed by atoms with Gasteiger partial charge >= 0.3 is 6.03 Å². The first-order valence-electron chi connectivity index (χ1n) is 17.8. The molecule has 5 heterocycles. The zero-order chi connectivity index (χ0) is 38.2. The van der Waals surface area contributed by atoms with Crippen molar-refractivity contribution in [2.45, 2.75) is 42.3 Å². The minimum atomic E-state index is -4.88. The molecule has 3 amide bonds. The maximum atomic E-state index is 15.5. The number of morpholine rings is 1. The van der Waals surface area contributed by atoms with E-state index >= 15 is 9.18 Å². The lowest BCUT2D eigenvalue weighted by atomic mass is 9.83. The van der Waals surface area contributed by atoms with Crippen LogP contribution in [0.25, 0.3) is 0 Å². The topological polar surface area (TPSA) is 167 Å². The van der Waals surface area contributed by atoms with E-state index in [-0.39, 0.29) is 41.2 Å². The second-order valence-corrected chi connectivity index (χ2v) is 15.3. The summed E-state index contributed by atoms with van der Waals surface area (Å²) in [5.41, 5.74) is -3.33. The molecular formula is C37H42FN7O8S. The molecule has 1 N–H and O–H groups in total. The number of nitriles is 1. The molecule has 7 rings (SSSR count). The molecule has 4 aliphatic rings. The maximum absolute atomic E-state index is 15.5. The van der Waals surface area contributed by atoms with Crippen LogP contribution in [-0.2, 0) is 25.1 Å². The quantitative estimate of drug-likeness (QED) is 0.321. The van der Waals surface area contributed by atoms with Gasteiger partial charge in [0.15, 0.2) is 5.54 Å². The number of carbonyl (C=O) groups excluding carboxylic acids is 2. The Morgan fingerprint density at radius 3 is 2.43 bits per heavy atom. The number of halogens is 1. The summed E-state index contributed by atoms with van der Waals surface area (Å²) in [6.45, 7) is 7.69. The number of benzene rings is 2. The first-order valence-corrected chi connectivity index (χ1v) is 19.3. The summed E-state index contributed by atoms with van der Waals surface area (Å²) in [6.07, 6.45) is 3.45. The molecule has 17 heteroatoms. The fraction of sp³-hybridized carbons (Fsp3) is 0.459. The van der Waals surface area contributed by atoms with Crippen LogP contribution in [0, 0.1) is 17.1 Å². The van der Waals surface area contributed by atoms with Crippen molar-refractivity contribution in [2.24, 2.45) is 0 Å². The van der Waals surface area contributed by atoms with Gasteiger partial charge in [0.1, 0.15) is 28.3 Å².